The Hall–Kier alpha value is -2.07. The summed E-state index contributed by atoms with van der Waals surface area (Å²) < 4.78 is 5.23. The van der Waals surface area contributed by atoms with Crippen LogP contribution >= 0.6 is 0 Å². The number of carbonyl (C=O) groups excluding carboxylic acids is 1. The molecule has 1 N–H and O–H groups in total. The normalized spacial score (nSPS) is 19.4. The zero-order valence-corrected chi connectivity index (χ0v) is 12.7. The van der Waals surface area contributed by atoms with Gasteiger partial charge in [0.2, 0.25) is 0 Å². The molecule has 0 saturated carbocycles. The Morgan fingerprint density at radius 3 is 2.82 bits per heavy atom. The highest BCUT2D eigenvalue weighted by Crippen LogP contribution is 2.29. The van der Waals surface area contributed by atoms with Crippen LogP contribution in [-0.4, -0.2) is 28.5 Å². The van der Waals surface area contributed by atoms with E-state index >= 15 is 0 Å². The molecule has 2 atom stereocenters. The first-order valence-corrected chi connectivity index (χ1v) is 7.75. The van der Waals surface area contributed by atoms with Crippen LogP contribution in [0.5, 0.6) is 0 Å². The number of rotatable bonds is 4. The lowest BCUT2D eigenvalue weighted by molar-refractivity contribution is 0.0665. The molecule has 1 aliphatic heterocycles. The molecule has 0 bridgehead atoms. The van der Waals surface area contributed by atoms with E-state index in [-0.39, 0.29) is 11.9 Å². The van der Waals surface area contributed by atoms with Gasteiger partial charge in [-0.05, 0) is 37.8 Å². The van der Waals surface area contributed by atoms with Crippen LogP contribution in [0.2, 0.25) is 0 Å². The molecule has 0 radical (unpaired) electrons. The maximum Gasteiger partial charge on any atom is 0.257 e. The lowest BCUT2D eigenvalue weighted by atomic mass is 10.0. The Morgan fingerprint density at radius 2 is 2.14 bits per heavy atom. The van der Waals surface area contributed by atoms with Crippen LogP contribution in [-0.2, 0) is 0 Å². The molecule has 0 aliphatic carbocycles. The van der Waals surface area contributed by atoms with Gasteiger partial charge >= 0.3 is 0 Å². The number of carbonyl (C=O) groups is 1. The van der Waals surface area contributed by atoms with E-state index in [1.54, 1.807) is 19.3 Å². The highest BCUT2D eigenvalue weighted by molar-refractivity contribution is 5.95. The maximum absolute atomic E-state index is 12.6. The lowest BCUT2D eigenvalue weighted by Crippen LogP contribution is -2.36. The molecule has 1 fully saturated rings. The summed E-state index contributed by atoms with van der Waals surface area (Å²) in [5, 5.41) is 10.4. The molecule has 0 spiro atoms. The van der Waals surface area contributed by atoms with Crippen molar-refractivity contribution < 1.29 is 14.3 Å². The fourth-order valence-corrected chi connectivity index (χ4v) is 3.18. The third-order valence-corrected chi connectivity index (χ3v) is 4.41. The van der Waals surface area contributed by atoms with Crippen molar-refractivity contribution in [3.05, 3.63) is 59.5 Å². The summed E-state index contributed by atoms with van der Waals surface area (Å²) >= 11 is 0. The van der Waals surface area contributed by atoms with E-state index in [9.17, 15) is 9.90 Å². The van der Waals surface area contributed by atoms with Crippen molar-refractivity contribution in [3.63, 3.8) is 0 Å². The van der Waals surface area contributed by atoms with Crippen molar-refractivity contribution >= 4 is 5.91 Å². The molecule has 2 heterocycles. The summed E-state index contributed by atoms with van der Waals surface area (Å²) in [4.78, 5) is 14.5. The van der Waals surface area contributed by atoms with Crippen molar-refractivity contribution in [2.75, 3.05) is 6.54 Å². The molecule has 1 aromatic carbocycles. The van der Waals surface area contributed by atoms with Crippen molar-refractivity contribution in [2.24, 2.45) is 0 Å². The van der Waals surface area contributed by atoms with Gasteiger partial charge in [0.25, 0.3) is 5.91 Å². The van der Waals surface area contributed by atoms with E-state index in [4.69, 9.17) is 4.42 Å². The van der Waals surface area contributed by atoms with E-state index in [1.807, 2.05) is 35.2 Å². The Balaban J connectivity index is 1.71. The Labute approximate surface area is 130 Å². The molecule has 1 aliphatic rings. The van der Waals surface area contributed by atoms with E-state index < -0.39 is 6.10 Å². The Kier molecular flexibility index (Phi) is 4.29. The van der Waals surface area contributed by atoms with Crippen LogP contribution in [0.15, 0.2) is 47.1 Å². The molecule has 1 amide bonds. The summed E-state index contributed by atoms with van der Waals surface area (Å²) in [6, 6.07) is 11.4. The minimum atomic E-state index is -0.537. The molecule has 2 aromatic rings. The van der Waals surface area contributed by atoms with Gasteiger partial charge in [-0.3, -0.25) is 4.79 Å². The largest absolute Gasteiger partial charge is 0.469 e. The number of nitrogens with zero attached hydrogens (tertiary/aromatic N) is 1. The third kappa shape index (κ3) is 2.92. The van der Waals surface area contributed by atoms with Crippen molar-refractivity contribution in [1.82, 2.24) is 4.90 Å². The van der Waals surface area contributed by atoms with Gasteiger partial charge in [0.05, 0.1) is 17.9 Å². The first-order chi connectivity index (χ1) is 10.7. The number of amides is 1. The standard InChI is InChI=1S/C18H21NO3/c1-13-16(9-11-22-13)18(21)19-10-5-8-15(19)12-17(20)14-6-3-2-4-7-14/h2-4,6-7,9,11,15,17,20H,5,8,10,12H2,1H3. The molecule has 116 valence electrons. The van der Waals surface area contributed by atoms with Gasteiger partial charge in [-0.25, -0.2) is 0 Å². The summed E-state index contributed by atoms with van der Waals surface area (Å²) in [6.07, 6.45) is 3.51. The predicted molar refractivity (Wildman–Crippen MR) is 83.5 cm³/mol. The monoisotopic (exact) mass is 299 g/mol. The fourth-order valence-electron chi connectivity index (χ4n) is 3.18. The van der Waals surface area contributed by atoms with Crippen LogP contribution in [0.25, 0.3) is 0 Å². The highest BCUT2D eigenvalue weighted by atomic mass is 16.3. The number of aliphatic hydroxyl groups excluding tert-OH is 1. The van der Waals surface area contributed by atoms with Gasteiger partial charge in [0.1, 0.15) is 5.76 Å². The number of aryl methyl sites for hydroxylation is 1. The van der Waals surface area contributed by atoms with Crippen LogP contribution in [0.3, 0.4) is 0 Å². The number of furan rings is 1. The van der Waals surface area contributed by atoms with Crippen LogP contribution in [0, 0.1) is 6.92 Å². The lowest BCUT2D eigenvalue weighted by Gasteiger charge is -2.26. The van der Waals surface area contributed by atoms with Gasteiger partial charge in [0.15, 0.2) is 0 Å². The van der Waals surface area contributed by atoms with Gasteiger partial charge < -0.3 is 14.4 Å². The average Bonchev–Trinajstić information content (AvgIpc) is 3.16. The van der Waals surface area contributed by atoms with Gasteiger partial charge in [-0.15, -0.1) is 0 Å². The van der Waals surface area contributed by atoms with Gasteiger partial charge in [-0.2, -0.15) is 0 Å². The summed E-state index contributed by atoms with van der Waals surface area (Å²) in [5.74, 6) is 0.660. The molecule has 3 rings (SSSR count). The molecular weight excluding hydrogens is 278 g/mol. The number of aliphatic hydroxyl groups is 1. The second-order valence-corrected chi connectivity index (χ2v) is 5.85. The Bertz CT molecular complexity index is 635. The Morgan fingerprint density at radius 1 is 1.36 bits per heavy atom. The second-order valence-electron chi connectivity index (χ2n) is 5.85. The zero-order chi connectivity index (χ0) is 15.5. The van der Waals surface area contributed by atoms with Gasteiger partial charge in [0, 0.05) is 12.6 Å². The minimum Gasteiger partial charge on any atom is -0.469 e. The zero-order valence-electron chi connectivity index (χ0n) is 12.7. The molecule has 1 saturated heterocycles. The highest BCUT2D eigenvalue weighted by Gasteiger charge is 2.32. The quantitative estimate of drug-likeness (QED) is 0.942. The topological polar surface area (TPSA) is 53.7 Å². The van der Waals surface area contributed by atoms with Crippen molar-refractivity contribution in [2.45, 2.75) is 38.3 Å². The van der Waals surface area contributed by atoms with Crippen LogP contribution < -0.4 is 0 Å². The maximum atomic E-state index is 12.6. The summed E-state index contributed by atoms with van der Waals surface area (Å²) in [5.41, 5.74) is 1.53. The van der Waals surface area contributed by atoms with Crippen LogP contribution in [0.4, 0.5) is 0 Å². The van der Waals surface area contributed by atoms with Gasteiger partial charge in [-0.1, -0.05) is 30.3 Å². The van der Waals surface area contributed by atoms with Crippen molar-refractivity contribution in [3.8, 4) is 0 Å². The first-order valence-electron chi connectivity index (χ1n) is 7.75. The number of hydrogen-bond acceptors (Lipinski definition) is 3. The van der Waals surface area contributed by atoms with Crippen LogP contribution in [0.1, 0.15) is 47.0 Å². The smallest absolute Gasteiger partial charge is 0.257 e. The first kappa shape index (κ1) is 14.9. The average molecular weight is 299 g/mol. The molecule has 4 heteroatoms. The molecule has 1 aromatic heterocycles. The molecule has 4 nitrogen and oxygen atoms in total. The molecule has 2 unspecified atom stereocenters. The SMILES string of the molecule is Cc1occc1C(=O)N1CCCC1CC(O)c1ccccc1. The predicted octanol–water partition coefficient (Wildman–Crippen LogP) is 3.32. The minimum absolute atomic E-state index is 0.00834. The van der Waals surface area contributed by atoms with E-state index in [0.29, 0.717) is 17.7 Å². The number of hydrogen-bond donors (Lipinski definition) is 1. The molecule has 22 heavy (non-hydrogen) atoms. The summed E-state index contributed by atoms with van der Waals surface area (Å²) in [7, 11) is 0. The van der Waals surface area contributed by atoms with E-state index in [2.05, 4.69) is 0 Å². The van der Waals surface area contributed by atoms with E-state index in [0.717, 1.165) is 24.9 Å². The summed E-state index contributed by atoms with van der Waals surface area (Å²) in [6.45, 7) is 2.55. The second kappa shape index (κ2) is 6.36. The third-order valence-electron chi connectivity index (χ3n) is 4.41. The van der Waals surface area contributed by atoms with Crippen molar-refractivity contribution in [1.29, 1.82) is 0 Å². The fraction of sp³-hybridized carbons (Fsp3) is 0.389. The molecular formula is C18H21NO3. The number of benzene rings is 1. The van der Waals surface area contributed by atoms with E-state index in [1.165, 1.54) is 0 Å². The number of likely N-dealkylation sites (tertiary alicyclic amines) is 1.